The molecule has 98 valence electrons. The van der Waals surface area contributed by atoms with E-state index in [1.807, 2.05) is 13.8 Å². The van der Waals surface area contributed by atoms with Crippen LogP contribution in [0.4, 0.5) is 0 Å². The van der Waals surface area contributed by atoms with Crippen molar-refractivity contribution in [1.29, 1.82) is 0 Å². The van der Waals surface area contributed by atoms with E-state index in [-0.39, 0.29) is 11.9 Å². The summed E-state index contributed by atoms with van der Waals surface area (Å²) in [4.78, 5) is 24.9. The summed E-state index contributed by atoms with van der Waals surface area (Å²) in [5.74, 6) is -1.02. The standard InChI is InChI=1S/C13H17NO3S/c1-4-9(2)14(3)13(17)10-7-11(18-8-10)5-6-12(15)16/h5-9H,4H2,1-3H3,(H,15,16). The van der Waals surface area contributed by atoms with Crippen LogP contribution in [0.25, 0.3) is 6.08 Å². The maximum Gasteiger partial charge on any atom is 0.328 e. The van der Waals surface area contributed by atoms with Crippen LogP contribution in [0.15, 0.2) is 17.5 Å². The van der Waals surface area contributed by atoms with Crippen molar-refractivity contribution in [1.82, 2.24) is 4.90 Å². The lowest BCUT2D eigenvalue weighted by Crippen LogP contribution is -2.34. The maximum atomic E-state index is 12.1. The minimum absolute atomic E-state index is 0.0319. The number of rotatable bonds is 5. The van der Waals surface area contributed by atoms with Crippen LogP contribution in [-0.4, -0.2) is 35.0 Å². The minimum atomic E-state index is -0.993. The lowest BCUT2D eigenvalue weighted by atomic mass is 10.2. The highest BCUT2D eigenvalue weighted by atomic mass is 32.1. The Balaban J connectivity index is 2.79. The fourth-order valence-corrected chi connectivity index (χ4v) is 2.16. The molecule has 1 atom stereocenters. The molecule has 1 heterocycles. The third kappa shape index (κ3) is 3.70. The number of hydrogen-bond acceptors (Lipinski definition) is 3. The summed E-state index contributed by atoms with van der Waals surface area (Å²) in [7, 11) is 1.78. The summed E-state index contributed by atoms with van der Waals surface area (Å²) in [5, 5.41) is 10.3. The molecule has 1 rings (SSSR count). The fraction of sp³-hybridized carbons (Fsp3) is 0.385. The molecule has 1 aromatic rings. The predicted molar refractivity (Wildman–Crippen MR) is 72.8 cm³/mol. The molecular formula is C13H17NO3S. The van der Waals surface area contributed by atoms with Gasteiger partial charge in [0.2, 0.25) is 0 Å². The molecule has 18 heavy (non-hydrogen) atoms. The number of carbonyl (C=O) groups is 2. The van der Waals surface area contributed by atoms with E-state index in [2.05, 4.69) is 0 Å². The molecule has 1 amide bonds. The predicted octanol–water partition coefficient (Wildman–Crippen LogP) is 2.72. The number of carboxylic acid groups (broad SMARTS) is 1. The molecule has 0 saturated heterocycles. The zero-order valence-electron chi connectivity index (χ0n) is 10.7. The second-order valence-corrected chi connectivity index (χ2v) is 5.03. The first kappa shape index (κ1) is 14.4. The molecule has 5 heteroatoms. The fourth-order valence-electron chi connectivity index (χ4n) is 1.38. The van der Waals surface area contributed by atoms with E-state index >= 15 is 0 Å². The van der Waals surface area contributed by atoms with Gasteiger partial charge in [0, 0.05) is 29.4 Å². The number of hydrogen-bond donors (Lipinski definition) is 1. The second kappa shape index (κ2) is 6.35. The third-order valence-corrected chi connectivity index (χ3v) is 3.73. The molecule has 1 aromatic heterocycles. The van der Waals surface area contributed by atoms with Gasteiger partial charge in [0.25, 0.3) is 5.91 Å². The van der Waals surface area contributed by atoms with Crippen molar-refractivity contribution >= 4 is 29.3 Å². The summed E-state index contributed by atoms with van der Waals surface area (Å²) >= 11 is 1.36. The van der Waals surface area contributed by atoms with Gasteiger partial charge in [-0.3, -0.25) is 4.79 Å². The third-order valence-electron chi connectivity index (χ3n) is 2.83. The molecule has 4 nitrogen and oxygen atoms in total. The first-order chi connectivity index (χ1) is 8.45. The Hall–Kier alpha value is -1.62. The van der Waals surface area contributed by atoms with Crippen molar-refractivity contribution in [2.75, 3.05) is 7.05 Å². The van der Waals surface area contributed by atoms with Gasteiger partial charge in [0.05, 0.1) is 5.56 Å². The largest absolute Gasteiger partial charge is 0.478 e. The molecule has 0 bridgehead atoms. The second-order valence-electron chi connectivity index (χ2n) is 4.08. The van der Waals surface area contributed by atoms with E-state index < -0.39 is 5.97 Å². The Morgan fingerprint density at radius 2 is 2.22 bits per heavy atom. The van der Waals surface area contributed by atoms with Gasteiger partial charge in [-0.1, -0.05) is 6.92 Å². The summed E-state index contributed by atoms with van der Waals surface area (Å²) in [6.45, 7) is 4.03. The Morgan fingerprint density at radius 3 is 2.78 bits per heavy atom. The highest BCUT2D eigenvalue weighted by Crippen LogP contribution is 2.18. The van der Waals surface area contributed by atoms with Crippen molar-refractivity contribution in [2.24, 2.45) is 0 Å². The van der Waals surface area contributed by atoms with Crippen molar-refractivity contribution in [3.05, 3.63) is 28.0 Å². The van der Waals surface area contributed by atoms with Gasteiger partial charge < -0.3 is 10.0 Å². The zero-order valence-corrected chi connectivity index (χ0v) is 11.5. The van der Waals surface area contributed by atoms with Gasteiger partial charge in [-0.05, 0) is 25.5 Å². The average Bonchev–Trinajstić information content (AvgIpc) is 2.82. The number of carboxylic acids is 1. The van der Waals surface area contributed by atoms with Gasteiger partial charge in [0.1, 0.15) is 0 Å². The van der Waals surface area contributed by atoms with Crippen LogP contribution in [0.1, 0.15) is 35.5 Å². The minimum Gasteiger partial charge on any atom is -0.478 e. The normalized spacial score (nSPS) is 12.6. The first-order valence-electron chi connectivity index (χ1n) is 5.72. The Kier molecular flexibility index (Phi) is 5.09. The highest BCUT2D eigenvalue weighted by Gasteiger charge is 2.17. The van der Waals surface area contributed by atoms with E-state index in [1.165, 1.54) is 17.4 Å². The van der Waals surface area contributed by atoms with Crippen LogP contribution >= 0.6 is 11.3 Å². The molecule has 0 aliphatic heterocycles. The molecule has 1 unspecified atom stereocenters. The van der Waals surface area contributed by atoms with Crippen LogP contribution in [0, 0.1) is 0 Å². The summed E-state index contributed by atoms with van der Waals surface area (Å²) in [5.41, 5.74) is 0.604. The quantitative estimate of drug-likeness (QED) is 0.834. The Bertz CT molecular complexity index is 465. The summed E-state index contributed by atoms with van der Waals surface area (Å²) in [6.07, 6.45) is 3.46. The van der Waals surface area contributed by atoms with Crippen molar-refractivity contribution < 1.29 is 14.7 Å². The first-order valence-corrected chi connectivity index (χ1v) is 6.60. The SMILES string of the molecule is CCC(C)N(C)C(=O)c1csc(C=CC(=O)O)c1. The number of aliphatic carboxylic acids is 1. The van der Waals surface area contributed by atoms with Crippen LogP contribution in [0.2, 0.25) is 0 Å². The molecule has 0 spiro atoms. The van der Waals surface area contributed by atoms with E-state index in [4.69, 9.17) is 5.11 Å². The molecule has 0 saturated carbocycles. The molecule has 1 N–H and O–H groups in total. The van der Waals surface area contributed by atoms with E-state index in [0.29, 0.717) is 5.56 Å². The molecule has 0 aliphatic carbocycles. The van der Waals surface area contributed by atoms with Crippen LogP contribution in [-0.2, 0) is 4.79 Å². The average molecular weight is 267 g/mol. The lowest BCUT2D eigenvalue weighted by molar-refractivity contribution is -0.131. The lowest BCUT2D eigenvalue weighted by Gasteiger charge is -2.23. The summed E-state index contributed by atoms with van der Waals surface area (Å²) < 4.78 is 0. The van der Waals surface area contributed by atoms with Crippen molar-refractivity contribution in [3.8, 4) is 0 Å². The van der Waals surface area contributed by atoms with E-state index in [0.717, 1.165) is 17.4 Å². The van der Waals surface area contributed by atoms with E-state index in [1.54, 1.807) is 23.4 Å². The molecule has 0 aliphatic rings. The van der Waals surface area contributed by atoms with Gasteiger partial charge in [-0.2, -0.15) is 0 Å². The van der Waals surface area contributed by atoms with Gasteiger partial charge >= 0.3 is 5.97 Å². The van der Waals surface area contributed by atoms with Crippen LogP contribution in [0.3, 0.4) is 0 Å². The Labute approximate surface area is 111 Å². The van der Waals surface area contributed by atoms with Crippen LogP contribution in [0.5, 0.6) is 0 Å². The van der Waals surface area contributed by atoms with Gasteiger partial charge in [-0.15, -0.1) is 11.3 Å². The molecular weight excluding hydrogens is 250 g/mol. The Morgan fingerprint density at radius 1 is 1.56 bits per heavy atom. The molecule has 0 aromatic carbocycles. The van der Waals surface area contributed by atoms with Crippen LogP contribution < -0.4 is 0 Å². The number of amides is 1. The summed E-state index contributed by atoms with van der Waals surface area (Å²) in [6, 6.07) is 1.90. The zero-order chi connectivity index (χ0) is 13.7. The number of nitrogens with zero attached hydrogens (tertiary/aromatic N) is 1. The van der Waals surface area contributed by atoms with Gasteiger partial charge in [-0.25, -0.2) is 4.79 Å². The number of carbonyl (C=O) groups excluding carboxylic acids is 1. The van der Waals surface area contributed by atoms with Gasteiger partial charge in [0.15, 0.2) is 0 Å². The monoisotopic (exact) mass is 267 g/mol. The highest BCUT2D eigenvalue weighted by molar-refractivity contribution is 7.11. The smallest absolute Gasteiger partial charge is 0.328 e. The van der Waals surface area contributed by atoms with Crippen molar-refractivity contribution in [3.63, 3.8) is 0 Å². The number of thiophene rings is 1. The molecule has 0 fully saturated rings. The van der Waals surface area contributed by atoms with E-state index in [9.17, 15) is 9.59 Å². The maximum absolute atomic E-state index is 12.1. The molecule has 0 radical (unpaired) electrons. The van der Waals surface area contributed by atoms with Crippen molar-refractivity contribution in [2.45, 2.75) is 26.3 Å². The topological polar surface area (TPSA) is 57.6 Å².